The lowest BCUT2D eigenvalue weighted by molar-refractivity contribution is -0.137. The van der Waals surface area contributed by atoms with Crippen LogP contribution in [0.5, 0.6) is 0 Å². The van der Waals surface area contributed by atoms with Crippen LogP contribution >= 0.6 is 0 Å². The number of hydrogen-bond acceptors (Lipinski definition) is 6. The Morgan fingerprint density at radius 2 is 1.74 bits per heavy atom. The number of benzene rings is 3. The van der Waals surface area contributed by atoms with Crippen LogP contribution in [-0.2, 0) is 14.3 Å². The molecule has 3 aromatic carbocycles. The lowest BCUT2D eigenvalue weighted by Crippen LogP contribution is -2.15. The molecule has 5 N–H and O–H groups in total. The Morgan fingerprint density at radius 1 is 1.03 bits per heavy atom. The molecule has 1 aliphatic heterocycles. The monoisotopic (exact) mass is 457 g/mol. The number of nitrogens with two attached hydrogens (primary N) is 1. The molecule has 0 bridgehead atoms. The van der Waals surface area contributed by atoms with Crippen LogP contribution in [0, 0.1) is 0 Å². The summed E-state index contributed by atoms with van der Waals surface area (Å²) in [7, 11) is 1.30. The average Bonchev–Trinajstić information content (AvgIpc) is 3.17. The Morgan fingerprint density at radius 3 is 2.38 bits per heavy atom. The maximum atomic E-state index is 13.0. The molecule has 0 saturated heterocycles. The molecule has 1 unspecified atom stereocenters. The van der Waals surface area contributed by atoms with Crippen LogP contribution in [0.15, 0.2) is 72.8 Å². The first-order valence-corrected chi connectivity index (χ1v) is 10.6. The predicted octanol–water partition coefficient (Wildman–Crippen LogP) is 3.88. The summed E-state index contributed by atoms with van der Waals surface area (Å²) in [5.74, 6) is -1.76. The summed E-state index contributed by atoms with van der Waals surface area (Å²) in [6, 6.07) is 20.8. The van der Waals surface area contributed by atoms with Gasteiger partial charge in [-0.25, -0.2) is 4.79 Å². The minimum absolute atomic E-state index is 0.170. The number of carbonyl (C=O) groups excluding carboxylic acids is 2. The number of nitrogens with one attached hydrogen (secondary N) is 2. The highest BCUT2D eigenvalue weighted by molar-refractivity contribution is 6.37. The number of carboxylic acid groups (broad SMARTS) is 1. The van der Waals surface area contributed by atoms with Crippen LogP contribution in [-0.4, -0.2) is 30.1 Å². The predicted molar refractivity (Wildman–Crippen MR) is 129 cm³/mol. The van der Waals surface area contributed by atoms with E-state index in [9.17, 15) is 14.4 Å². The SMILES string of the molecule is COC(=O)c1ccc2c(c1)NC(=O)C2=C(Nc1ccc(C(N)CC(=O)O)cc1)c1ccccc1. The third-order valence-corrected chi connectivity index (χ3v) is 5.50. The first-order valence-electron chi connectivity index (χ1n) is 10.6. The highest BCUT2D eigenvalue weighted by Gasteiger charge is 2.29. The van der Waals surface area contributed by atoms with Crippen molar-refractivity contribution in [1.82, 2.24) is 0 Å². The fourth-order valence-corrected chi connectivity index (χ4v) is 3.81. The van der Waals surface area contributed by atoms with E-state index in [0.717, 1.165) is 5.56 Å². The molecular weight excluding hydrogens is 434 g/mol. The molecule has 0 saturated carbocycles. The number of hydrogen-bond donors (Lipinski definition) is 4. The molecule has 0 spiro atoms. The van der Waals surface area contributed by atoms with Crippen molar-refractivity contribution in [3.05, 3.63) is 95.1 Å². The number of aliphatic carboxylic acids is 1. The quantitative estimate of drug-likeness (QED) is 0.313. The van der Waals surface area contributed by atoms with E-state index in [1.165, 1.54) is 7.11 Å². The first kappa shape index (κ1) is 22.8. The van der Waals surface area contributed by atoms with Crippen LogP contribution in [0.3, 0.4) is 0 Å². The number of amides is 1. The third kappa shape index (κ3) is 4.67. The van der Waals surface area contributed by atoms with Crippen molar-refractivity contribution < 1.29 is 24.2 Å². The normalized spacial score (nSPS) is 14.6. The molecule has 172 valence electrons. The Balaban J connectivity index is 1.75. The fraction of sp³-hybridized carbons (Fsp3) is 0.115. The van der Waals surface area contributed by atoms with Gasteiger partial charge in [-0.2, -0.15) is 0 Å². The van der Waals surface area contributed by atoms with Gasteiger partial charge in [-0.05, 0) is 35.4 Å². The zero-order chi connectivity index (χ0) is 24.2. The van der Waals surface area contributed by atoms with Crippen molar-refractivity contribution in [3.63, 3.8) is 0 Å². The van der Waals surface area contributed by atoms with Gasteiger partial charge in [0.1, 0.15) is 0 Å². The maximum Gasteiger partial charge on any atom is 0.337 e. The van der Waals surface area contributed by atoms with Gasteiger partial charge in [-0.15, -0.1) is 0 Å². The Hall–Kier alpha value is -4.43. The topological polar surface area (TPSA) is 131 Å². The molecule has 8 heteroatoms. The van der Waals surface area contributed by atoms with E-state index in [2.05, 4.69) is 10.6 Å². The van der Waals surface area contributed by atoms with Gasteiger partial charge in [0.15, 0.2) is 0 Å². The van der Waals surface area contributed by atoms with Crippen molar-refractivity contribution >= 4 is 40.5 Å². The fourth-order valence-electron chi connectivity index (χ4n) is 3.81. The molecule has 0 fully saturated rings. The molecule has 1 amide bonds. The van der Waals surface area contributed by atoms with Gasteiger partial charge in [0.05, 0.1) is 36.1 Å². The lowest BCUT2D eigenvalue weighted by Gasteiger charge is -2.16. The number of carboxylic acids is 1. The molecule has 34 heavy (non-hydrogen) atoms. The third-order valence-electron chi connectivity index (χ3n) is 5.50. The average molecular weight is 457 g/mol. The van der Waals surface area contributed by atoms with Gasteiger partial charge >= 0.3 is 11.9 Å². The second-order valence-electron chi connectivity index (χ2n) is 7.77. The minimum Gasteiger partial charge on any atom is -0.481 e. The zero-order valence-corrected chi connectivity index (χ0v) is 18.4. The van der Waals surface area contributed by atoms with Crippen molar-refractivity contribution in [2.24, 2.45) is 5.73 Å². The molecule has 1 atom stereocenters. The molecule has 4 rings (SSSR count). The van der Waals surface area contributed by atoms with Crippen molar-refractivity contribution in [1.29, 1.82) is 0 Å². The van der Waals surface area contributed by atoms with Crippen LogP contribution < -0.4 is 16.4 Å². The number of fused-ring (bicyclic) bond motifs is 1. The summed E-state index contributed by atoms with van der Waals surface area (Å²) in [6.07, 6.45) is -0.170. The van der Waals surface area contributed by atoms with E-state index in [0.29, 0.717) is 39.3 Å². The minimum atomic E-state index is -0.966. The number of carbonyl (C=O) groups is 3. The first-order chi connectivity index (χ1) is 16.4. The highest BCUT2D eigenvalue weighted by Crippen LogP contribution is 2.38. The number of esters is 1. The van der Waals surface area contributed by atoms with Crippen molar-refractivity contribution in [3.8, 4) is 0 Å². The second kappa shape index (κ2) is 9.60. The summed E-state index contributed by atoms with van der Waals surface area (Å²) in [4.78, 5) is 35.9. The molecule has 0 radical (unpaired) electrons. The van der Waals surface area contributed by atoms with Gasteiger partial charge in [0, 0.05) is 17.3 Å². The molecule has 0 aromatic heterocycles. The van der Waals surface area contributed by atoms with E-state index in [1.807, 2.05) is 30.3 Å². The van der Waals surface area contributed by atoms with Gasteiger partial charge in [-0.1, -0.05) is 48.5 Å². The molecular formula is C26H23N3O5. The Labute approximate surface area is 196 Å². The standard InChI is InChI=1S/C26H23N3O5/c1-34-26(33)17-9-12-19-21(13-17)29-25(32)23(19)24(16-5-3-2-4-6-16)28-18-10-7-15(8-11-18)20(27)14-22(30)31/h2-13,20,28H,14,27H2,1H3,(H,29,32)(H,30,31). The number of rotatable bonds is 7. The van der Waals surface area contributed by atoms with Gasteiger partial charge in [-0.3, -0.25) is 9.59 Å². The Kier molecular flexibility index (Phi) is 6.42. The summed E-state index contributed by atoms with van der Waals surface area (Å²) in [6.45, 7) is 0. The molecule has 0 aliphatic carbocycles. The van der Waals surface area contributed by atoms with Gasteiger partial charge < -0.3 is 26.2 Å². The van der Waals surface area contributed by atoms with E-state index in [1.54, 1.807) is 42.5 Å². The number of anilines is 2. The van der Waals surface area contributed by atoms with Gasteiger partial charge in [0.2, 0.25) is 0 Å². The number of ether oxygens (including phenoxy) is 1. The van der Waals surface area contributed by atoms with Crippen LogP contribution in [0.1, 0.15) is 39.5 Å². The Bertz CT molecular complexity index is 1280. The molecule has 1 aliphatic rings. The van der Waals surface area contributed by atoms with Crippen LogP contribution in [0.2, 0.25) is 0 Å². The highest BCUT2D eigenvalue weighted by atomic mass is 16.5. The maximum absolute atomic E-state index is 13.0. The second-order valence-corrected chi connectivity index (χ2v) is 7.77. The van der Waals surface area contributed by atoms with Crippen LogP contribution in [0.4, 0.5) is 11.4 Å². The summed E-state index contributed by atoms with van der Waals surface area (Å²) < 4.78 is 4.78. The van der Waals surface area contributed by atoms with Gasteiger partial charge in [0.25, 0.3) is 5.91 Å². The van der Waals surface area contributed by atoms with Crippen LogP contribution in [0.25, 0.3) is 11.3 Å². The van der Waals surface area contributed by atoms with Crippen molar-refractivity contribution in [2.45, 2.75) is 12.5 Å². The molecule has 1 heterocycles. The summed E-state index contributed by atoms with van der Waals surface area (Å²) in [5, 5.41) is 15.1. The van der Waals surface area contributed by atoms with E-state index in [4.69, 9.17) is 15.6 Å². The molecule has 8 nitrogen and oxygen atoms in total. The largest absolute Gasteiger partial charge is 0.481 e. The molecule has 3 aromatic rings. The van der Waals surface area contributed by atoms with E-state index < -0.39 is 18.0 Å². The zero-order valence-electron chi connectivity index (χ0n) is 18.4. The summed E-state index contributed by atoms with van der Waals surface area (Å²) in [5.41, 5.74) is 10.7. The lowest BCUT2D eigenvalue weighted by atomic mass is 9.98. The van der Waals surface area contributed by atoms with Crippen molar-refractivity contribution in [2.75, 3.05) is 17.7 Å². The van der Waals surface area contributed by atoms with E-state index >= 15 is 0 Å². The number of methoxy groups -OCH3 is 1. The summed E-state index contributed by atoms with van der Waals surface area (Å²) >= 11 is 0. The smallest absolute Gasteiger partial charge is 0.337 e. The van der Waals surface area contributed by atoms with E-state index in [-0.39, 0.29) is 12.3 Å².